The number of carbonyl (C=O) groups is 2. The van der Waals surface area contributed by atoms with Gasteiger partial charge in [-0.05, 0) is 12.3 Å². The van der Waals surface area contributed by atoms with Crippen LogP contribution in [0.2, 0.25) is 0 Å². The molecular weight excluding hydrogens is 296 g/mol. The quantitative estimate of drug-likeness (QED) is 0.493. The van der Waals surface area contributed by atoms with Crippen LogP contribution >= 0.6 is 0 Å². The second-order valence-corrected chi connectivity index (χ2v) is 7.59. The molecule has 7 nitrogen and oxygen atoms in total. The van der Waals surface area contributed by atoms with E-state index in [-0.39, 0.29) is 18.9 Å². The first-order valence-corrected chi connectivity index (χ1v) is 8.62. The molecule has 2 N–H and O–H groups in total. The first-order chi connectivity index (χ1) is 9.55. The Hall–Kier alpha value is -1.15. The molecule has 0 aromatic carbocycles. The van der Waals surface area contributed by atoms with Gasteiger partial charge in [0.1, 0.15) is 5.92 Å². The molecule has 0 spiro atoms. The monoisotopic (exact) mass is 322 g/mol. The molecule has 0 radical (unpaired) electrons. The maximum atomic E-state index is 12.1. The van der Waals surface area contributed by atoms with Crippen LogP contribution in [0.3, 0.4) is 0 Å². The lowest BCUT2D eigenvalue weighted by Gasteiger charge is -2.27. The van der Waals surface area contributed by atoms with E-state index in [4.69, 9.17) is 4.74 Å². The SMILES string of the molecule is CCNS(=O)(=O)CCNC(=O)C(C(=O)OCC)C(C)(C)C. The smallest absolute Gasteiger partial charge is 0.319 e. The Kier molecular flexibility index (Phi) is 7.87. The molecular formula is C13H26N2O5S. The normalized spacial score (nSPS) is 13.6. The van der Waals surface area contributed by atoms with E-state index < -0.39 is 33.2 Å². The largest absolute Gasteiger partial charge is 0.465 e. The van der Waals surface area contributed by atoms with Crippen LogP contribution in [0.25, 0.3) is 0 Å². The van der Waals surface area contributed by atoms with E-state index in [2.05, 4.69) is 10.0 Å². The molecule has 0 fully saturated rings. The number of amides is 1. The number of carbonyl (C=O) groups excluding carboxylic acids is 2. The van der Waals surface area contributed by atoms with Crippen molar-refractivity contribution in [2.45, 2.75) is 34.6 Å². The minimum absolute atomic E-state index is 0.0554. The lowest BCUT2D eigenvalue weighted by Crippen LogP contribution is -2.45. The summed E-state index contributed by atoms with van der Waals surface area (Å²) in [5.74, 6) is -2.32. The summed E-state index contributed by atoms with van der Waals surface area (Å²) in [6.45, 7) is 9.03. The van der Waals surface area contributed by atoms with Gasteiger partial charge in [-0.1, -0.05) is 27.7 Å². The molecule has 0 aromatic heterocycles. The highest BCUT2D eigenvalue weighted by Crippen LogP contribution is 2.27. The maximum absolute atomic E-state index is 12.1. The average Bonchev–Trinajstić information content (AvgIpc) is 2.26. The van der Waals surface area contributed by atoms with Crippen LogP contribution in [0.4, 0.5) is 0 Å². The molecule has 1 unspecified atom stereocenters. The van der Waals surface area contributed by atoms with Crippen LogP contribution in [-0.4, -0.2) is 45.7 Å². The zero-order chi connectivity index (χ0) is 16.7. The standard InChI is InChI=1S/C13H26N2O5S/c1-6-15-21(18,19)9-8-14-11(16)10(13(3,4)5)12(17)20-7-2/h10,15H,6-9H2,1-5H3,(H,14,16). The highest BCUT2D eigenvalue weighted by atomic mass is 32.2. The predicted octanol–water partition coefficient (Wildman–Crippen LogP) is 0.267. The van der Waals surface area contributed by atoms with Crippen molar-refractivity contribution in [1.29, 1.82) is 0 Å². The van der Waals surface area contributed by atoms with Crippen LogP contribution in [0, 0.1) is 11.3 Å². The van der Waals surface area contributed by atoms with Crippen molar-refractivity contribution in [3.8, 4) is 0 Å². The molecule has 124 valence electrons. The molecule has 0 rings (SSSR count). The molecule has 1 amide bonds. The lowest BCUT2D eigenvalue weighted by molar-refractivity contribution is -0.156. The Balaban J connectivity index is 4.68. The lowest BCUT2D eigenvalue weighted by atomic mass is 9.80. The minimum atomic E-state index is -3.40. The van der Waals surface area contributed by atoms with Gasteiger partial charge in [-0.15, -0.1) is 0 Å². The van der Waals surface area contributed by atoms with Gasteiger partial charge in [0.15, 0.2) is 0 Å². The molecule has 0 saturated heterocycles. The predicted molar refractivity (Wildman–Crippen MR) is 80.1 cm³/mol. The van der Waals surface area contributed by atoms with Crippen LogP contribution in [-0.2, 0) is 24.3 Å². The van der Waals surface area contributed by atoms with Crippen molar-refractivity contribution in [1.82, 2.24) is 10.0 Å². The Labute approximate surface area is 126 Å². The van der Waals surface area contributed by atoms with E-state index >= 15 is 0 Å². The molecule has 0 aromatic rings. The van der Waals surface area contributed by atoms with Gasteiger partial charge in [-0.3, -0.25) is 9.59 Å². The molecule has 8 heteroatoms. The summed E-state index contributed by atoms with van der Waals surface area (Å²) in [5.41, 5.74) is -0.614. The van der Waals surface area contributed by atoms with E-state index in [0.717, 1.165) is 0 Å². The van der Waals surface area contributed by atoms with Gasteiger partial charge in [0.2, 0.25) is 15.9 Å². The molecule has 0 aliphatic carbocycles. The maximum Gasteiger partial charge on any atom is 0.319 e. The van der Waals surface area contributed by atoms with Crippen molar-refractivity contribution in [3.63, 3.8) is 0 Å². The first-order valence-electron chi connectivity index (χ1n) is 6.96. The highest BCUT2D eigenvalue weighted by Gasteiger charge is 2.38. The number of rotatable bonds is 8. The summed E-state index contributed by atoms with van der Waals surface area (Å²) in [5, 5.41) is 2.48. The molecule has 0 bridgehead atoms. The molecule has 0 saturated carbocycles. The van der Waals surface area contributed by atoms with E-state index in [1.54, 1.807) is 34.6 Å². The summed E-state index contributed by atoms with van der Waals surface area (Å²) in [4.78, 5) is 24.0. The van der Waals surface area contributed by atoms with E-state index in [0.29, 0.717) is 6.54 Å². The van der Waals surface area contributed by atoms with Gasteiger partial charge in [0.25, 0.3) is 0 Å². The van der Waals surface area contributed by atoms with Crippen molar-refractivity contribution < 1.29 is 22.7 Å². The third kappa shape index (κ3) is 7.42. The minimum Gasteiger partial charge on any atom is -0.465 e. The highest BCUT2D eigenvalue weighted by molar-refractivity contribution is 7.89. The van der Waals surface area contributed by atoms with Gasteiger partial charge in [0, 0.05) is 13.1 Å². The number of esters is 1. The van der Waals surface area contributed by atoms with Crippen molar-refractivity contribution in [2.75, 3.05) is 25.4 Å². The fraction of sp³-hybridized carbons (Fsp3) is 0.846. The van der Waals surface area contributed by atoms with Gasteiger partial charge in [0.05, 0.1) is 12.4 Å². The molecule has 0 aliphatic heterocycles. The Morgan fingerprint density at radius 3 is 2.19 bits per heavy atom. The molecule has 1 atom stereocenters. The summed E-state index contributed by atoms with van der Waals surface area (Å²) in [7, 11) is -3.40. The van der Waals surface area contributed by atoms with Gasteiger partial charge in [-0.25, -0.2) is 13.1 Å². The van der Waals surface area contributed by atoms with Crippen LogP contribution in [0.15, 0.2) is 0 Å². The fourth-order valence-electron chi connectivity index (χ4n) is 1.78. The van der Waals surface area contributed by atoms with Gasteiger partial charge < -0.3 is 10.1 Å². The first kappa shape index (κ1) is 19.9. The number of nitrogens with one attached hydrogen (secondary N) is 2. The third-order valence-corrected chi connectivity index (χ3v) is 4.15. The van der Waals surface area contributed by atoms with E-state index in [1.165, 1.54) is 0 Å². The Morgan fingerprint density at radius 1 is 1.19 bits per heavy atom. The van der Waals surface area contributed by atoms with Gasteiger partial charge in [-0.2, -0.15) is 0 Å². The van der Waals surface area contributed by atoms with Gasteiger partial charge >= 0.3 is 5.97 Å². The summed E-state index contributed by atoms with van der Waals surface area (Å²) in [6, 6.07) is 0. The van der Waals surface area contributed by atoms with Crippen molar-refractivity contribution in [3.05, 3.63) is 0 Å². The number of ether oxygens (including phenoxy) is 1. The summed E-state index contributed by atoms with van der Waals surface area (Å²) < 4.78 is 30.2. The van der Waals surface area contributed by atoms with Crippen LogP contribution < -0.4 is 10.0 Å². The second kappa shape index (κ2) is 8.33. The zero-order valence-corrected chi connectivity index (χ0v) is 14.2. The van der Waals surface area contributed by atoms with Crippen LogP contribution in [0.5, 0.6) is 0 Å². The zero-order valence-electron chi connectivity index (χ0n) is 13.4. The fourth-order valence-corrected chi connectivity index (χ4v) is 2.74. The third-order valence-electron chi connectivity index (χ3n) is 2.68. The topological polar surface area (TPSA) is 102 Å². The van der Waals surface area contributed by atoms with E-state index in [9.17, 15) is 18.0 Å². The second-order valence-electron chi connectivity index (χ2n) is 5.66. The number of hydrogen-bond acceptors (Lipinski definition) is 5. The average molecular weight is 322 g/mol. The molecule has 21 heavy (non-hydrogen) atoms. The van der Waals surface area contributed by atoms with Crippen LogP contribution in [0.1, 0.15) is 34.6 Å². The van der Waals surface area contributed by atoms with Crippen molar-refractivity contribution >= 4 is 21.9 Å². The molecule has 0 aliphatic rings. The number of hydrogen-bond donors (Lipinski definition) is 2. The summed E-state index contributed by atoms with van der Waals surface area (Å²) >= 11 is 0. The van der Waals surface area contributed by atoms with E-state index in [1.807, 2.05) is 0 Å². The summed E-state index contributed by atoms with van der Waals surface area (Å²) in [6.07, 6.45) is 0. The Bertz CT molecular complexity index is 454. The Morgan fingerprint density at radius 2 is 1.76 bits per heavy atom. The number of sulfonamides is 1. The van der Waals surface area contributed by atoms with Crippen molar-refractivity contribution in [2.24, 2.45) is 11.3 Å². The molecule has 0 heterocycles.